The van der Waals surface area contributed by atoms with Gasteiger partial charge in [0.05, 0.1) is 28.9 Å². The number of fused-ring (bicyclic) bond motifs is 1. The van der Waals surface area contributed by atoms with Crippen LogP contribution in [-0.4, -0.2) is 26.1 Å². The summed E-state index contributed by atoms with van der Waals surface area (Å²) < 4.78 is 1.58. The van der Waals surface area contributed by atoms with Crippen LogP contribution in [0.15, 0.2) is 76.8 Å². The number of Topliss-reactive ketones (excluding diaryl/α,β-unsaturated/α-hetero) is 1. The molecule has 0 amide bonds. The van der Waals surface area contributed by atoms with Crippen molar-refractivity contribution in [3.8, 4) is 0 Å². The molecule has 0 aliphatic heterocycles. The average molecular weight is 410 g/mol. The number of aromatic amines is 1. The minimum atomic E-state index is -0.152. The maximum atomic E-state index is 13.1. The Balaban J connectivity index is 1.74. The normalized spacial score (nSPS) is 11.0. The lowest BCUT2D eigenvalue weighted by atomic mass is 10.2. The first kappa shape index (κ1) is 18.5. The number of thioether (sulfide) groups is 1. The molecule has 0 radical (unpaired) electrons. The van der Waals surface area contributed by atoms with Crippen molar-refractivity contribution in [2.75, 3.05) is 5.75 Å². The minimum absolute atomic E-state index is 0.0540. The van der Waals surface area contributed by atoms with Gasteiger partial charge in [0.15, 0.2) is 10.9 Å². The molecule has 0 atom stereocenters. The molecule has 4 rings (SSSR count). The Morgan fingerprint density at radius 3 is 2.64 bits per heavy atom. The van der Waals surface area contributed by atoms with Crippen LogP contribution >= 0.6 is 23.4 Å². The summed E-state index contributed by atoms with van der Waals surface area (Å²) in [7, 11) is 0. The SMILES string of the molecule is O=C(CSc1nc2ccccc2c(=O)n1Cc1ccccc1Cl)c1ccc[nH]1. The van der Waals surface area contributed by atoms with Crippen molar-refractivity contribution in [2.24, 2.45) is 0 Å². The van der Waals surface area contributed by atoms with Gasteiger partial charge in [0.25, 0.3) is 5.56 Å². The molecule has 140 valence electrons. The van der Waals surface area contributed by atoms with Crippen LogP contribution in [0.2, 0.25) is 5.02 Å². The molecule has 2 heterocycles. The fourth-order valence-corrected chi connectivity index (χ4v) is 3.98. The summed E-state index contributed by atoms with van der Waals surface area (Å²) in [6, 6.07) is 18.1. The number of benzene rings is 2. The van der Waals surface area contributed by atoms with E-state index >= 15 is 0 Å². The number of ketones is 1. The molecule has 0 saturated heterocycles. The van der Waals surface area contributed by atoms with Crippen molar-refractivity contribution in [1.29, 1.82) is 0 Å². The van der Waals surface area contributed by atoms with Gasteiger partial charge in [0.2, 0.25) is 0 Å². The van der Waals surface area contributed by atoms with E-state index in [-0.39, 0.29) is 23.6 Å². The van der Waals surface area contributed by atoms with Crippen LogP contribution in [0.25, 0.3) is 10.9 Å². The zero-order valence-corrected chi connectivity index (χ0v) is 16.3. The molecule has 1 N–H and O–H groups in total. The highest BCUT2D eigenvalue weighted by atomic mass is 35.5. The molecule has 0 aliphatic rings. The monoisotopic (exact) mass is 409 g/mol. The molecule has 0 fully saturated rings. The van der Waals surface area contributed by atoms with E-state index in [9.17, 15) is 9.59 Å². The Morgan fingerprint density at radius 2 is 1.86 bits per heavy atom. The fraction of sp³-hybridized carbons (Fsp3) is 0.0952. The first-order valence-electron chi connectivity index (χ1n) is 8.66. The first-order chi connectivity index (χ1) is 13.6. The van der Waals surface area contributed by atoms with E-state index in [1.807, 2.05) is 30.3 Å². The van der Waals surface area contributed by atoms with Crippen LogP contribution < -0.4 is 5.56 Å². The summed E-state index contributed by atoms with van der Waals surface area (Å²) in [5, 5.41) is 1.61. The maximum absolute atomic E-state index is 13.1. The second kappa shape index (κ2) is 8.04. The van der Waals surface area contributed by atoms with Gasteiger partial charge in [-0.25, -0.2) is 4.98 Å². The van der Waals surface area contributed by atoms with Crippen LogP contribution in [0.5, 0.6) is 0 Å². The van der Waals surface area contributed by atoms with E-state index < -0.39 is 0 Å². The lowest BCUT2D eigenvalue weighted by molar-refractivity contribution is 0.101. The number of aromatic nitrogens is 3. The van der Waals surface area contributed by atoms with Gasteiger partial charge in [-0.3, -0.25) is 14.2 Å². The highest BCUT2D eigenvalue weighted by Gasteiger charge is 2.15. The van der Waals surface area contributed by atoms with E-state index in [1.54, 1.807) is 41.1 Å². The molecule has 0 aliphatic carbocycles. The number of para-hydroxylation sites is 1. The highest BCUT2D eigenvalue weighted by molar-refractivity contribution is 7.99. The molecule has 2 aromatic heterocycles. The van der Waals surface area contributed by atoms with E-state index in [2.05, 4.69) is 9.97 Å². The van der Waals surface area contributed by atoms with Crippen LogP contribution in [0.1, 0.15) is 16.1 Å². The van der Waals surface area contributed by atoms with Crippen LogP contribution in [0, 0.1) is 0 Å². The van der Waals surface area contributed by atoms with Gasteiger partial charge in [0, 0.05) is 11.2 Å². The van der Waals surface area contributed by atoms with E-state index in [4.69, 9.17) is 11.6 Å². The topological polar surface area (TPSA) is 67.8 Å². The number of carbonyl (C=O) groups excluding carboxylic acids is 1. The second-order valence-corrected chi connectivity index (χ2v) is 7.54. The molecule has 0 saturated carbocycles. The molecule has 2 aromatic carbocycles. The van der Waals surface area contributed by atoms with Crippen molar-refractivity contribution in [2.45, 2.75) is 11.7 Å². The number of halogens is 1. The summed E-state index contributed by atoms with van der Waals surface area (Å²) in [5.41, 5.74) is 1.81. The Labute approximate surface area is 170 Å². The summed E-state index contributed by atoms with van der Waals surface area (Å²) in [6.45, 7) is 0.287. The number of nitrogens with one attached hydrogen (secondary N) is 1. The molecule has 7 heteroatoms. The van der Waals surface area contributed by atoms with Gasteiger partial charge in [-0.1, -0.05) is 53.7 Å². The molecule has 4 aromatic rings. The van der Waals surface area contributed by atoms with E-state index in [0.29, 0.717) is 26.8 Å². The summed E-state index contributed by atoms with van der Waals surface area (Å²) in [4.78, 5) is 33.0. The second-order valence-electron chi connectivity index (χ2n) is 6.19. The fourth-order valence-electron chi connectivity index (χ4n) is 2.91. The smallest absolute Gasteiger partial charge is 0.262 e. The van der Waals surface area contributed by atoms with Crippen molar-refractivity contribution in [1.82, 2.24) is 14.5 Å². The molecule has 0 bridgehead atoms. The first-order valence-corrected chi connectivity index (χ1v) is 10.0. The Morgan fingerprint density at radius 1 is 1.07 bits per heavy atom. The molecular weight excluding hydrogens is 394 g/mol. The van der Waals surface area contributed by atoms with Crippen molar-refractivity contribution in [3.05, 3.63) is 93.5 Å². The summed E-state index contributed by atoms with van der Waals surface area (Å²) >= 11 is 7.54. The third-order valence-electron chi connectivity index (χ3n) is 4.34. The number of hydrogen-bond acceptors (Lipinski definition) is 4. The van der Waals surface area contributed by atoms with E-state index in [0.717, 1.165) is 5.56 Å². The molecule has 0 spiro atoms. The number of hydrogen-bond donors (Lipinski definition) is 1. The van der Waals surface area contributed by atoms with Crippen molar-refractivity contribution < 1.29 is 4.79 Å². The number of nitrogens with zero attached hydrogens (tertiary/aromatic N) is 2. The molecule has 0 unspecified atom stereocenters. The third-order valence-corrected chi connectivity index (χ3v) is 5.69. The Bertz CT molecular complexity index is 1200. The molecular formula is C21H16ClN3O2S. The highest BCUT2D eigenvalue weighted by Crippen LogP contribution is 2.22. The largest absolute Gasteiger partial charge is 0.359 e. The number of rotatable bonds is 6. The van der Waals surface area contributed by atoms with Gasteiger partial charge < -0.3 is 4.98 Å². The van der Waals surface area contributed by atoms with Crippen molar-refractivity contribution in [3.63, 3.8) is 0 Å². The van der Waals surface area contributed by atoms with Gasteiger partial charge in [-0.05, 0) is 35.9 Å². The Hall–Kier alpha value is -2.83. The average Bonchev–Trinajstić information content (AvgIpc) is 3.25. The van der Waals surface area contributed by atoms with Crippen LogP contribution in [-0.2, 0) is 6.54 Å². The lowest BCUT2D eigenvalue weighted by Crippen LogP contribution is -2.24. The number of H-pyrrole nitrogens is 1. The van der Waals surface area contributed by atoms with E-state index in [1.165, 1.54) is 11.8 Å². The third kappa shape index (κ3) is 3.74. The standard InChI is InChI=1S/C21H16ClN3O2S/c22-16-8-3-1-6-14(16)12-25-20(27)15-7-2-4-9-17(15)24-21(25)28-13-19(26)18-10-5-11-23-18/h1-11,23H,12-13H2. The minimum Gasteiger partial charge on any atom is -0.359 e. The maximum Gasteiger partial charge on any atom is 0.262 e. The predicted octanol–water partition coefficient (Wildman–Crippen LogP) is 4.40. The van der Waals surface area contributed by atoms with Crippen LogP contribution in [0.3, 0.4) is 0 Å². The van der Waals surface area contributed by atoms with Gasteiger partial charge in [-0.15, -0.1) is 0 Å². The summed E-state index contributed by atoms with van der Waals surface area (Å²) in [6.07, 6.45) is 1.71. The predicted molar refractivity (Wildman–Crippen MR) is 112 cm³/mol. The van der Waals surface area contributed by atoms with Gasteiger partial charge in [0.1, 0.15) is 0 Å². The lowest BCUT2D eigenvalue weighted by Gasteiger charge is -2.13. The van der Waals surface area contributed by atoms with Gasteiger partial charge >= 0.3 is 0 Å². The Kier molecular flexibility index (Phi) is 5.32. The zero-order valence-electron chi connectivity index (χ0n) is 14.8. The summed E-state index contributed by atoms with van der Waals surface area (Å²) in [5.74, 6) is 0.120. The quantitative estimate of drug-likeness (QED) is 0.291. The molecule has 5 nitrogen and oxygen atoms in total. The zero-order chi connectivity index (χ0) is 19.5. The molecule has 28 heavy (non-hydrogen) atoms. The van der Waals surface area contributed by atoms with Crippen LogP contribution in [0.4, 0.5) is 0 Å². The van der Waals surface area contributed by atoms with Gasteiger partial charge in [-0.2, -0.15) is 0 Å². The van der Waals surface area contributed by atoms with Crippen molar-refractivity contribution >= 4 is 40.0 Å². The number of carbonyl (C=O) groups is 1.